The van der Waals surface area contributed by atoms with Crippen LogP contribution in [0.3, 0.4) is 0 Å². The van der Waals surface area contributed by atoms with Crippen LogP contribution in [0, 0.1) is 0 Å². The first-order valence-electron chi connectivity index (χ1n) is 5.62. The molecule has 0 saturated heterocycles. The highest BCUT2D eigenvalue weighted by Gasteiger charge is 2.09. The van der Waals surface area contributed by atoms with Crippen LogP contribution in [0.4, 0.5) is 5.69 Å². The molecular formula is C14H14ClNOS. The van der Waals surface area contributed by atoms with Gasteiger partial charge in [0.05, 0.1) is 17.3 Å². The predicted molar refractivity (Wildman–Crippen MR) is 77.9 cm³/mol. The van der Waals surface area contributed by atoms with E-state index in [9.17, 15) is 4.79 Å². The molecule has 0 unspecified atom stereocenters. The average Bonchev–Trinajstić information content (AvgIpc) is 2.81. The van der Waals surface area contributed by atoms with E-state index in [1.807, 2.05) is 25.2 Å². The first-order valence-corrected chi connectivity index (χ1v) is 6.87. The summed E-state index contributed by atoms with van der Waals surface area (Å²) in [6.45, 7) is 2.36. The summed E-state index contributed by atoms with van der Waals surface area (Å²) in [5.41, 5.74) is 1.59. The number of anilines is 1. The summed E-state index contributed by atoms with van der Waals surface area (Å²) < 4.78 is 0. The van der Waals surface area contributed by atoms with E-state index in [1.165, 1.54) is 4.88 Å². The van der Waals surface area contributed by atoms with E-state index in [0.29, 0.717) is 10.6 Å². The minimum absolute atomic E-state index is 0.0318. The topological polar surface area (TPSA) is 20.3 Å². The van der Waals surface area contributed by atoms with Crippen LogP contribution in [0.2, 0.25) is 5.02 Å². The Morgan fingerprint density at radius 1 is 1.39 bits per heavy atom. The normalized spacial score (nSPS) is 10.4. The second-order valence-corrected chi connectivity index (χ2v) is 5.60. The molecule has 1 aromatic heterocycles. The average molecular weight is 280 g/mol. The van der Waals surface area contributed by atoms with E-state index in [2.05, 4.69) is 16.3 Å². The fraction of sp³-hybridized carbons (Fsp3) is 0.214. The van der Waals surface area contributed by atoms with Crippen LogP contribution < -0.4 is 4.90 Å². The number of hydrogen-bond acceptors (Lipinski definition) is 3. The molecule has 2 aromatic rings. The van der Waals surface area contributed by atoms with Crippen LogP contribution in [0.15, 0.2) is 35.7 Å². The molecular weight excluding hydrogens is 266 g/mol. The summed E-state index contributed by atoms with van der Waals surface area (Å²) in [6, 6.07) is 9.57. The Bertz CT molecular complexity index is 551. The number of Topliss-reactive ketones (excluding diaryl/α,β-unsaturated/α-hetero) is 1. The molecule has 94 valence electrons. The summed E-state index contributed by atoms with van der Waals surface area (Å²) in [7, 11) is 1.99. The monoisotopic (exact) mass is 279 g/mol. The van der Waals surface area contributed by atoms with Crippen molar-refractivity contribution in [2.24, 2.45) is 0 Å². The standard InChI is InChI=1S/C14H14ClNOS/c1-10(17)11-5-6-14(13(15)8-11)16(2)9-12-4-3-7-18-12/h3-8H,9H2,1-2H3. The van der Waals surface area contributed by atoms with Crippen molar-refractivity contribution in [2.45, 2.75) is 13.5 Å². The van der Waals surface area contributed by atoms with E-state index < -0.39 is 0 Å². The van der Waals surface area contributed by atoms with Gasteiger partial charge in [0.2, 0.25) is 0 Å². The van der Waals surface area contributed by atoms with Crippen LogP contribution in [0.25, 0.3) is 0 Å². The molecule has 0 aliphatic carbocycles. The van der Waals surface area contributed by atoms with E-state index >= 15 is 0 Å². The van der Waals surface area contributed by atoms with Gasteiger partial charge in [0.15, 0.2) is 5.78 Å². The molecule has 0 bridgehead atoms. The molecule has 0 aliphatic heterocycles. The number of carbonyl (C=O) groups is 1. The Morgan fingerprint density at radius 3 is 2.72 bits per heavy atom. The molecule has 18 heavy (non-hydrogen) atoms. The summed E-state index contributed by atoms with van der Waals surface area (Å²) in [5.74, 6) is 0.0318. The van der Waals surface area contributed by atoms with Gasteiger partial charge >= 0.3 is 0 Å². The summed E-state index contributed by atoms with van der Waals surface area (Å²) >= 11 is 7.94. The van der Waals surface area contributed by atoms with Gasteiger partial charge in [-0.2, -0.15) is 0 Å². The first-order chi connectivity index (χ1) is 8.58. The van der Waals surface area contributed by atoms with Crippen molar-refractivity contribution in [3.8, 4) is 0 Å². The van der Waals surface area contributed by atoms with Gasteiger partial charge in [-0.25, -0.2) is 0 Å². The van der Waals surface area contributed by atoms with E-state index in [4.69, 9.17) is 11.6 Å². The number of nitrogens with zero attached hydrogens (tertiary/aromatic N) is 1. The van der Waals surface area contributed by atoms with E-state index in [-0.39, 0.29) is 5.78 Å². The Morgan fingerprint density at radius 2 is 2.17 bits per heavy atom. The molecule has 0 spiro atoms. The Balaban J connectivity index is 2.20. The largest absolute Gasteiger partial charge is 0.368 e. The van der Waals surface area contributed by atoms with Crippen molar-refractivity contribution < 1.29 is 4.79 Å². The SMILES string of the molecule is CC(=O)c1ccc(N(C)Cc2cccs2)c(Cl)c1. The van der Waals surface area contributed by atoms with Gasteiger partial charge in [0.25, 0.3) is 0 Å². The van der Waals surface area contributed by atoms with Crippen molar-refractivity contribution in [1.82, 2.24) is 0 Å². The van der Waals surface area contributed by atoms with Crippen LogP contribution >= 0.6 is 22.9 Å². The van der Waals surface area contributed by atoms with Gasteiger partial charge in [-0.05, 0) is 36.6 Å². The van der Waals surface area contributed by atoms with Crippen LogP contribution in [-0.4, -0.2) is 12.8 Å². The second-order valence-electron chi connectivity index (χ2n) is 4.16. The van der Waals surface area contributed by atoms with Crippen molar-refractivity contribution >= 4 is 34.4 Å². The lowest BCUT2D eigenvalue weighted by Gasteiger charge is -2.20. The molecule has 0 aliphatic rings. The quantitative estimate of drug-likeness (QED) is 0.780. The Kier molecular flexibility index (Phi) is 4.04. The zero-order chi connectivity index (χ0) is 13.1. The predicted octanol–water partition coefficient (Wildman–Crippen LogP) is 4.24. The number of ketones is 1. The summed E-state index contributed by atoms with van der Waals surface area (Å²) in [4.78, 5) is 14.6. The summed E-state index contributed by atoms with van der Waals surface area (Å²) in [6.07, 6.45) is 0. The molecule has 1 aromatic carbocycles. The fourth-order valence-corrected chi connectivity index (χ4v) is 2.84. The zero-order valence-electron chi connectivity index (χ0n) is 10.3. The molecule has 0 radical (unpaired) electrons. The van der Waals surface area contributed by atoms with Crippen LogP contribution in [0.5, 0.6) is 0 Å². The van der Waals surface area contributed by atoms with Gasteiger partial charge < -0.3 is 4.90 Å². The number of thiophene rings is 1. The molecule has 0 amide bonds. The molecule has 4 heteroatoms. The van der Waals surface area contributed by atoms with Gasteiger partial charge in [-0.3, -0.25) is 4.79 Å². The third-order valence-electron chi connectivity index (χ3n) is 2.74. The number of halogens is 1. The minimum Gasteiger partial charge on any atom is -0.368 e. The Hall–Kier alpha value is -1.32. The van der Waals surface area contributed by atoms with Gasteiger partial charge in [-0.15, -0.1) is 11.3 Å². The molecule has 0 fully saturated rings. The molecule has 1 heterocycles. The van der Waals surface area contributed by atoms with E-state index in [0.717, 1.165) is 12.2 Å². The van der Waals surface area contributed by atoms with Gasteiger partial charge in [0, 0.05) is 17.5 Å². The maximum Gasteiger partial charge on any atom is 0.159 e. The van der Waals surface area contributed by atoms with Gasteiger partial charge in [0.1, 0.15) is 0 Å². The number of hydrogen-bond donors (Lipinski definition) is 0. The molecule has 0 atom stereocenters. The molecule has 0 N–H and O–H groups in total. The number of carbonyl (C=O) groups excluding carboxylic acids is 1. The first kappa shape index (κ1) is 13.1. The fourth-order valence-electron chi connectivity index (χ4n) is 1.76. The van der Waals surface area contributed by atoms with Gasteiger partial charge in [-0.1, -0.05) is 17.7 Å². The minimum atomic E-state index is 0.0318. The van der Waals surface area contributed by atoms with Crippen molar-refractivity contribution in [3.63, 3.8) is 0 Å². The van der Waals surface area contributed by atoms with Crippen molar-refractivity contribution in [1.29, 1.82) is 0 Å². The number of benzene rings is 1. The van der Waals surface area contributed by atoms with Crippen molar-refractivity contribution in [2.75, 3.05) is 11.9 Å². The number of rotatable bonds is 4. The highest BCUT2D eigenvalue weighted by atomic mass is 35.5. The lowest BCUT2D eigenvalue weighted by molar-refractivity contribution is 0.101. The third-order valence-corrected chi connectivity index (χ3v) is 3.90. The highest BCUT2D eigenvalue weighted by Crippen LogP contribution is 2.28. The van der Waals surface area contributed by atoms with E-state index in [1.54, 1.807) is 24.3 Å². The third kappa shape index (κ3) is 2.92. The molecule has 2 rings (SSSR count). The van der Waals surface area contributed by atoms with Crippen molar-refractivity contribution in [3.05, 3.63) is 51.2 Å². The van der Waals surface area contributed by atoms with Crippen LogP contribution in [0.1, 0.15) is 22.2 Å². The highest BCUT2D eigenvalue weighted by molar-refractivity contribution is 7.09. The molecule has 0 saturated carbocycles. The lowest BCUT2D eigenvalue weighted by Crippen LogP contribution is -2.16. The van der Waals surface area contributed by atoms with Crippen LogP contribution in [-0.2, 0) is 6.54 Å². The lowest BCUT2D eigenvalue weighted by atomic mass is 10.1. The Labute approximate surface area is 116 Å². The summed E-state index contributed by atoms with van der Waals surface area (Å²) in [5, 5.41) is 2.67. The molecule has 2 nitrogen and oxygen atoms in total. The maximum atomic E-state index is 11.3. The zero-order valence-corrected chi connectivity index (χ0v) is 11.9. The maximum absolute atomic E-state index is 11.3. The smallest absolute Gasteiger partial charge is 0.159 e. The second kappa shape index (κ2) is 5.55.